The monoisotopic (exact) mass is 695 g/mol. The summed E-state index contributed by atoms with van der Waals surface area (Å²) in [6.07, 6.45) is -0.153. The molecule has 2 amide bonds. The fourth-order valence-corrected chi connectivity index (χ4v) is 4.68. The number of nitrogens with zero attached hydrogens (tertiary/aromatic N) is 1. The number of halogens is 2. The van der Waals surface area contributed by atoms with E-state index in [2.05, 4.69) is 10.6 Å². The molecular weight excluding hydrogens is 649 g/mol. The fraction of sp³-hybridized carbons (Fsp3) is 0.529. The lowest BCUT2D eigenvalue weighted by molar-refractivity contribution is -0.160. The van der Waals surface area contributed by atoms with Crippen molar-refractivity contribution in [1.29, 1.82) is 0 Å². The third-order valence-electron chi connectivity index (χ3n) is 6.36. The average molecular weight is 697 g/mol. The van der Waals surface area contributed by atoms with Crippen LogP contribution in [-0.4, -0.2) is 79.0 Å². The molecule has 0 saturated carbocycles. The molecule has 0 aliphatic carbocycles. The van der Waals surface area contributed by atoms with E-state index in [9.17, 15) is 19.2 Å². The Morgan fingerprint density at radius 1 is 0.830 bits per heavy atom. The highest BCUT2D eigenvalue weighted by molar-refractivity contribution is 6.18. The maximum Gasteiger partial charge on any atom is 0.329 e. The van der Waals surface area contributed by atoms with Gasteiger partial charge in [0.1, 0.15) is 40.5 Å². The van der Waals surface area contributed by atoms with E-state index in [1.807, 2.05) is 11.0 Å². The number of nitrogens with one attached hydrogen (secondary N) is 2. The first kappa shape index (κ1) is 39.5. The maximum absolute atomic E-state index is 13.0. The van der Waals surface area contributed by atoms with E-state index in [0.29, 0.717) is 42.1 Å². The smallest absolute Gasteiger partial charge is 0.329 e. The Hall–Kier alpha value is -3.70. The first-order valence-electron chi connectivity index (χ1n) is 15.3. The van der Waals surface area contributed by atoms with Crippen molar-refractivity contribution < 1.29 is 38.1 Å². The number of anilines is 1. The molecule has 0 fully saturated rings. The number of amides is 2. The predicted molar refractivity (Wildman–Crippen MR) is 183 cm³/mol. The molecule has 0 spiro atoms. The number of alkyl halides is 2. The summed E-state index contributed by atoms with van der Waals surface area (Å²) in [5.74, 6) is 0.133. The molecule has 13 heteroatoms. The molecule has 47 heavy (non-hydrogen) atoms. The van der Waals surface area contributed by atoms with Crippen LogP contribution in [0.1, 0.15) is 71.7 Å². The van der Waals surface area contributed by atoms with E-state index in [4.69, 9.17) is 42.1 Å². The van der Waals surface area contributed by atoms with Gasteiger partial charge in [-0.2, -0.15) is 0 Å². The van der Waals surface area contributed by atoms with Crippen LogP contribution in [0.25, 0.3) is 0 Å². The molecule has 2 rings (SSSR count). The van der Waals surface area contributed by atoms with Gasteiger partial charge in [-0.3, -0.25) is 14.4 Å². The summed E-state index contributed by atoms with van der Waals surface area (Å²) in [6.45, 7) is 13.0. The second-order valence-electron chi connectivity index (χ2n) is 12.7. The maximum atomic E-state index is 13.0. The van der Waals surface area contributed by atoms with Crippen molar-refractivity contribution in [1.82, 2.24) is 10.6 Å². The van der Waals surface area contributed by atoms with Crippen LogP contribution in [-0.2, 0) is 23.9 Å². The predicted octanol–water partition coefficient (Wildman–Crippen LogP) is 5.84. The summed E-state index contributed by atoms with van der Waals surface area (Å²) in [5, 5.41) is 5.23. The number of rotatable bonds is 16. The molecule has 0 unspecified atom stereocenters. The quantitative estimate of drug-likeness (QED) is 0.164. The molecule has 2 aromatic rings. The standard InChI is InChI=1S/C34H47Cl2N3O8/c1-22(30(41)38-26(32(43)47-34(5,6)7)14-16-29(40)46-33(2,3)4)37-31(42)23-9-11-24(12-10-23)45-25-13-15-27(28(21-25)44-8)39(19-17-35)20-18-36/h9-13,15,21-22,26H,14,16-20H2,1-8H3,(H,37,42)(H,38,41)/t22-,26-/m0/s1. The molecule has 0 bridgehead atoms. The van der Waals surface area contributed by atoms with E-state index in [1.165, 1.54) is 6.92 Å². The molecular formula is C34H47Cl2N3O8. The van der Waals surface area contributed by atoms with E-state index >= 15 is 0 Å². The van der Waals surface area contributed by atoms with Crippen molar-refractivity contribution in [3.05, 3.63) is 48.0 Å². The second-order valence-corrected chi connectivity index (χ2v) is 13.5. The normalized spacial score (nSPS) is 12.7. The first-order valence-corrected chi connectivity index (χ1v) is 16.4. The fourth-order valence-electron chi connectivity index (χ4n) is 4.27. The molecule has 260 valence electrons. The molecule has 0 radical (unpaired) electrons. The summed E-state index contributed by atoms with van der Waals surface area (Å²) < 4.78 is 22.3. The summed E-state index contributed by atoms with van der Waals surface area (Å²) in [5.41, 5.74) is -0.378. The molecule has 0 saturated heterocycles. The minimum Gasteiger partial charge on any atom is -0.494 e. The highest BCUT2D eigenvalue weighted by Crippen LogP contribution is 2.34. The Morgan fingerprint density at radius 2 is 1.40 bits per heavy atom. The van der Waals surface area contributed by atoms with Gasteiger partial charge < -0.3 is 34.5 Å². The van der Waals surface area contributed by atoms with Gasteiger partial charge in [-0.1, -0.05) is 0 Å². The Bertz CT molecular complexity index is 1350. The van der Waals surface area contributed by atoms with Crippen LogP contribution in [0, 0.1) is 0 Å². The van der Waals surface area contributed by atoms with Crippen molar-refractivity contribution in [2.75, 3.05) is 36.9 Å². The van der Waals surface area contributed by atoms with Crippen LogP contribution in [0.2, 0.25) is 0 Å². The lowest BCUT2D eigenvalue weighted by atomic mass is 10.1. The van der Waals surface area contributed by atoms with Gasteiger partial charge >= 0.3 is 11.9 Å². The summed E-state index contributed by atoms with van der Waals surface area (Å²) in [7, 11) is 1.57. The van der Waals surface area contributed by atoms with Crippen molar-refractivity contribution in [2.24, 2.45) is 0 Å². The topological polar surface area (TPSA) is 132 Å². The van der Waals surface area contributed by atoms with Crippen LogP contribution in [0.15, 0.2) is 42.5 Å². The zero-order valence-corrected chi connectivity index (χ0v) is 29.9. The van der Waals surface area contributed by atoms with E-state index in [-0.39, 0.29) is 18.4 Å². The van der Waals surface area contributed by atoms with Gasteiger partial charge in [0.05, 0.1) is 12.8 Å². The number of carbonyl (C=O) groups is 4. The van der Waals surface area contributed by atoms with Gasteiger partial charge in [0, 0.05) is 42.9 Å². The van der Waals surface area contributed by atoms with Crippen molar-refractivity contribution in [3.8, 4) is 17.2 Å². The molecule has 0 aliphatic heterocycles. The largest absolute Gasteiger partial charge is 0.494 e. The Balaban J connectivity index is 2.05. The van der Waals surface area contributed by atoms with Gasteiger partial charge in [-0.05, 0) is 91.3 Å². The molecule has 2 N–H and O–H groups in total. The summed E-state index contributed by atoms with van der Waals surface area (Å²) in [6, 6.07) is 9.67. The van der Waals surface area contributed by atoms with Gasteiger partial charge in [-0.25, -0.2) is 4.79 Å². The second kappa shape index (κ2) is 18.0. The third kappa shape index (κ3) is 13.9. The molecule has 2 atom stereocenters. The SMILES string of the molecule is COc1cc(Oc2ccc(C(=O)N[C@@H](C)C(=O)N[C@@H](CCC(=O)OC(C)(C)C)C(=O)OC(C)(C)C)cc2)ccc1N(CCCl)CCCl. The Kier molecular flexibility index (Phi) is 15.1. The molecule has 2 aromatic carbocycles. The number of benzene rings is 2. The molecule has 0 heterocycles. The molecule has 0 aliphatic rings. The Morgan fingerprint density at radius 3 is 1.94 bits per heavy atom. The number of esters is 2. The van der Waals surface area contributed by atoms with Gasteiger partial charge in [-0.15, -0.1) is 23.2 Å². The highest BCUT2D eigenvalue weighted by atomic mass is 35.5. The van der Waals surface area contributed by atoms with Crippen LogP contribution in [0.3, 0.4) is 0 Å². The molecule has 0 aromatic heterocycles. The summed E-state index contributed by atoms with van der Waals surface area (Å²) in [4.78, 5) is 53.1. The first-order chi connectivity index (χ1) is 22.0. The minimum absolute atomic E-state index is 0.0363. The molecule has 11 nitrogen and oxygen atoms in total. The number of carbonyl (C=O) groups excluding carboxylic acids is 4. The Labute approximate surface area is 287 Å². The zero-order chi connectivity index (χ0) is 35.4. The highest BCUT2D eigenvalue weighted by Gasteiger charge is 2.30. The van der Waals surface area contributed by atoms with Crippen molar-refractivity contribution in [2.45, 2.75) is 84.6 Å². The number of hydrogen-bond acceptors (Lipinski definition) is 9. The number of methoxy groups -OCH3 is 1. The van der Waals surface area contributed by atoms with Gasteiger partial charge in [0.15, 0.2) is 0 Å². The minimum atomic E-state index is -1.12. The van der Waals surface area contributed by atoms with Gasteiger partial charge in [0.25, 0.3) is 5.91 Å². The number of hydrogen-bond donors (Lipinski definition) is 2. The third-order valence-corrected chi connectivity index (χ3v) is 6.70. The van der Waals surface area contributed by atoms with E-state index in [1.54, 1.807) is 85.1 Å². The van der Waals surface area contributed by atoms with Crippen molar-refractivity contribution >= 4 is 52.6 Å². The van der Waals surface area contributed by atoms with Crippen molar-refractivity contribution in [3.63, 3.8) is 0 Å². The van der Waals surface area contributed by atoms with Crippen LogP contribution >= 0.6 is 23.2 Å². The van der Waals surface area contributed by atoms with E-state index < -0.39 is 47.0 Å². The zero-order valence-electron chi connectivity index (χ0n) is 28.4. The lowest BCUT2D eigenvalue weighted by Gasteiger charge is -2.26. The van der Waals surface area contributed by atoms with Crippen LogP contribution in [0.5, 0.6) is 17.2 Å². The average Bonchev–Trinajstić information content (AvgIpc) is 2.97. The number of ether oxygens (including phenoxy) is 4. The van der Waals surface area contributed by atoms with E-state index in [0.717, 1.165) is 5.69 Å². The van der Waals surface area contributed by atoms with Gasteiger partial charge in [0.2, 0.25) is 5.91 Å². The summed E-state index contributed by atoms with van der Waals surface area (Å²) >= 11 is 11.9. The van der Waals surface area contributed by atoms with Crippen LogP contribution < -0.4 is 25.0 Å². The lowest BCUT2D eigenvalue weighted by Crippen LogP contribution is -2.51. The van der Waals surface area contributed by atoms with Crippen LogP contribution in [0.4, 0.5) is 5.69 Å².